The number of hydrogen-bond donors (Lipinski definition) is 2. The molecule has 1 aliphatic rings. The van der Waals surface area contributed by atoms with Crippen molar-refractivity contribution in [3.63, 3.8) is 0 Å². The van der Waals surface area contributed by atoms with Crippen LogP contribution >= 0.6 is 0 Å². The number of methoxy groups -OCH3 is 3. The van der Waals surface area contributed by atoms with Crippen LogP contribution < -0.4 is 20.5 Å². The summed E-state index contributed by atoms with van der Waals surface area (Å²) in [4.78, 5) is 38.2. The number of rotatable bonds is 8. The molecule has 0 bridgehead atoms. The Balaban J connectivity index is 1.58. The standard InChI is InChI=1S/C29H29N5O5/c1-37-26-21(15-32-28(34-26)39-3)17-9-10-20-23(13-17)31-16-22(25(30)35)24(20)33-19-8-6-7-18(14-19)29(27(36)38-2)11-4-5-12-29/h6-10,13-16H,4-5,11-12H2,1-3H3,(H2,30,35)(H,31,33). The third kappa shape index (κ3) is 4.69. The van der Waals surface area contributed by atoms with Crippen LogP contribution in [0.5, 0.6) is 11.9 Å². The number of anilines is 2. The van der Waals surface area contributed by atoms with Crippen molar-refractivity contribution in [2.45, 2.75) is 31.1 Å². The normalized spacial score (nSPS) is 14.1. The first-order valence-corrected chi connectivity index (χ1v) is 12.5. The first-order valence-electron chi connectivity index (χ1n) is 12.5. The van der Waals surface area contributed by atoms with Crippen molar-refractivity contribution in [3.05, 3.63) is 66.0 Å². The Labute approximate surface area is 225 Å². The maximum atomic E-state index is 12.8. The van der Waals surface area contributed by atoms with Gasteiger partial charge in [0, 0.05) is 23.5 Å². The molecule has 0 atom stereocenters. The smallest absolute Gasteiger partial charge is 0.319 e. The number of aromatic nitrogens is 3. The molecular weight excluding hydrogens is 498 g/mol. The number of amides is 1. The molecule has 0 spiro atoms. The number of benzene rings is 2. The zero-order valence-electron chi connectivity index (χ0n) is 22.0. The van der Waals surface area contributed by atoms with Gasteiger partial charge in [-0.05, 0) is 42.2 Å². The van der Waals surface area contributed by atoms with Crippen LogP contribution in [-0.4, -0.2) is 48.2 Å². The maximum absolute atomic E-state index is 12.8. The Hall–Kier alpha value is -4.73. The van der Waals surface area contributed by atoms with Gasteiger partial charge in [-0.2, -0.15) is 4.98 Å². The van der Waals surface area contributed by atoms with Crippen LogP contribution in [0.2, 0.25) is 0 Å². The minimum atomic E-state index is -0.673. The molecule has 1 saturated carbocycles. The first-order chi connectivity index (χ1) is 18.9. The zero-order valence-corrected chi connectivity index (χ0v) is 22.0. The lowest BCUT2D eigenvalue weighted by atomic mass is 9.79. The second-order valence-corrected chi connectivity index (χ2v) is 9.41. The number of esters is 1. The van der Waals surface area contributed by atoms with E-state index >= 15 is 0 Å². The molecule has 0 unspecified atom stereocenters. The van der Waals surface area contributed by atoms with Crippen molar-refractivity contribution in [1.82, 2.24) is 15.0 Å². The summed E-state index contributed by atoms with van der Waals surface area (Å²) in [6, 6.07) is 13.4. The number of nitrogens with one attached hydrogen (secondary N) is 1. The van der Waals surface area contributed by atoms with E-state index in [-0.39, 0.29) is 17.5 Å². The van der Waals surface area contributed by atoms with E-state index in [9.17, 15) is 9.59 Å². The van der Waals surface area contributed by atoms with Crippen LogP contribution in [0.15, 0.2) is 54.9 Å². The Kier molecular flexibility index (Phi) is 7.02. The number of carbonyl (C=O) groups excluding carboxylic acids is 2. The van der Waals surface area contributed by atoms with Gasteiger partial charge in [-0.3, -0.25) is 14.6 Å². The van der Waals surface area contributed by atoms with Gasteiger partial charge in [0.2, 0.25) is 5.88 Å². The van der Waals surface area contributed by atoms with Crippen molar-refractivity contribution in [2.24, 2.45) is 5.73 Å². The van der Waals surface area contributed by atoms with Gasteiger partial charge in [0.1, 0.15) is 0 Å². The average Bonchev–Trinajstić information content (AvgIpc) is 3.47. The Morgan fingerprint density at radius 2 is 1.77 bits per heavy atom. The van der Waals surface area contributed by atoms with E-state index in [1.54, 1.807) is 6.20 Å². The molecule has 3 N–H and O–H groups in total. The highest BCUT2D eigenvalue weighted by Gasteiger charge is 2.43. The van der Waals surface area contributed by atoms with Crippen LogP contribution in [0, 0.1) is 0 Å². The maximum Gasteiger partial charge on any atom is 0.319 e. The number of hydrogen-bond acceptors (Lipinski definition) is 9. The van der Waals surface area contributed by atoms with Gasteiger partial charge in [0.15, 0.2) is 0 Å². The lowest BCUT2D eigenvalue weighted by Gasteiger charge is -2.27. The number of nitrogens with zero attached hydrogens (tertiary/aromatic N) is 3. The minimum Gasteiger partial charge on any atom is -0.480 e. The third-order valence-corrected chi connectivity index (χ3v) is 7.27. The first kappa shape index (κ1) is 25.9. The van der Waals surface area contributed by atoms with Crippen LogP contribution in [0.1, 0.15) is 41.6 Å². The van der Waals surface area contributed by atoms with Gasteiger partial charge in [-0.1, -0.05) is 37.1 Å². The van der Waals surface area contributed by atoms with Crippen molar-refractivity contribution >= 4 is 34.2 Å². The summed E-state index contributed by atoms with van der Waals surface area (Å²) in [5.41, 5.74) is 9.47. The SMILES string of the molecule is COC(=O)C1(c2cccc(Nc3c(C(N)=O)cnc4cc(-c5cnc(OC)nc5OC)ccc34)c2)CCCC1. The van der Waals surface area contributed by atoms with E-state index in [1.165, 1.54) is 27.5 Å². The Bertz CT molecular complexity index is 1570. The summed E-state index contributed by atoms with van der Waals surface area (Å²) in [7, 11) is 4.43. The average molecular weight is 528 g/mol. The summed E-state index contributed by atoms with van der Waals surface area (Å²) in [5, 5.41) is 4.06. The zero-order chi connectivity index (χ0) is 27.6. The molecule has 1 fully saturated rings. The van der Waals surface area contributed by atoms with E-state index in [2.05, 4.69) is 20.3 Å². The number of pyridine rings is 1. The predicted molar refractivity (Wildman–Crippen MR) is 146 cm³/mol. The minimum absolute atomic E-state index is 0.195. The fourth-order valence-corrected chi connectivity index (χ4v) is 5.31. The molecule has 2 aromatic heterocycles. The fourth-order valence-electron chi connectivity index (χ4n) is 5.31. The fraction of sp³-hybridized carbons (Fsp3) is 0.276. The third-order valence-electron chi connectivity index (χ3n) is 7.27. The number of fused-ring (bicyclic) bond motifs is 1. The predicted octanol–water partition coefficient (Wildman–Crippen LogP) is 4.54. The highest BCUT2D eigenvalue weighted by molar-refractivity contribution is 6.08. The Morgan fingerprint density at radius 1 is 0.974 bits per heavy atom. The molecule has 10 nitrogen and oxygen atoms in total. The molecule has 5 rings (SSSR count). The lowest BCUT2D eigenvalue weighted by Crippen LogP contribution is -2.34. The summed E-state index contributed by atoms with van der Waals surface area (Å²) in [5.74, 6) is -0.481. The number of ether oxygens (including phenoxy) is 3. The molecule has 1 amide bonds. The lowest BCUT2D eigenvalue weighted by molar-refractivity contribution is -0.147. The molecule has 4 aromatic rings. The van der Waals surface area contributed by atoms with Gasteiger partial charge >= 0.3 is 12.0 Å². The molecule has 200 valence electrons. The highest BCUT2D eigenvalue weighted by atomic mass is 16.5. The van der Waals surface area contributed by atoms with Crippen LogP contribution in [0.4, 0.5) is 11.4 Å². The summed E-state index contributed by atoms with van der Waals surface area (Å²) in [6.45, 7) is 0. The van der Waals surface area contributed by atoms with Gasteiger partial charge in [0.05, 0.1) is 49.1 Å². The van der Waals surface area contributed by atoms with Gasteiger partial charge < -0.3 is 25.3 Å². The van der Waals surface area contributed by atoms with Crippen LogP contribution in [0.3, 0.4) is 0 Å². The topological polar surface area (TPSA) is 139 Å². The Morgan fingerprint density at radius 3 is 2.46 bits per heavy atom. The van der Waals surface area contributed by atoms with Crippen molar-refractivity contribution in [3.8, 4) is 23.0 Å². The summed E-state index contributed by atoms with van der Waals surface area (Å²) >= 11 is 0. The van der Waals surface area contributed by atoms with Crippen LogP contribution in [0.25, 0.3) is 22.0 Å². The molecule has 1 aliphatic carbocycles. The molecular formula is C29H29N5O5. The monoisotopic (exact) mass is 527 g/mol. The van der Waals surface area contributed by atoms with E-state index in [0.717, 1.165) is 36.8 Å². The number of carbonyl (C=O) groups is 2. The molecule has 10 heteroatoms. The molecule has 0 aliphatic heterocycles. The van der Waals surface area contributed by atoms with Gasteiger partial charge in [-0.15, -0.1) is 0 Å². The van der Waals surface area contributed by atoms with Crippen LogP contribution in [-0.2, 0) is 14.9 Å². The largest absolute Gasteiger partial charge is 0.480 e. The van der Waals surface area contributed by atoms with E-state index in [1.807, 2.05) is 42.5 Å². The number of primary amides is 1. The molecule has 2 heterocycles. The van der Waals surface area contributed by atoms with E-state index in [4.69, 9.17) is 19.9 Å². The number of nitrogens with two attached hydrogens (primary N) is 1. The highest BCUT2D eigenvalue weighted by Crippen LogP contribution is 2.43. The van der Waals surface area contributed by atoms with E-state index in [0.29, 0.717) is 33.7 Å². The quantitative estimate of drug-likeness (QED) is 0.316. The second kappa shape index (κ2) is 10.6. The van der Waals surface area contributed by atoms with E-state index < -0.39 is 11.3 Å². The van der Waals surface area contributed by atoms with Crippen molar-refractivity contribution in [1.29, 1.82) is 0 Å². The van der Waals surface area contributed by atoms with Gasteiger partial charge in [0.25, 0.3) is 5.91 Å². The molecule has 2 aromatic carbocycles. The molecule has 39 heavy (non-hydrogen) atoms. The molecule has 0 saturated heterocycles. The van der Waals surface area contributed by atoms with Crippen molar-refractivity contribution < 1.29 is 23.8 Å². The van der Waals surface area contributed by atoms with Gasteiger partial charge in [-0.25, -0.2) is 4.98 Å². The second-order valence-electron chi connectivity index (χ2n) is 9.41. The summed E-state index contributed by atoms with van der Waals surface area (Å²) < 4.78 is 15.7. The summed E-state index contributed by atoms with van der Waals surface area (Å²) in [6.07, 6.45) is 6.45. The van der Waals surface area contributed by atoms with Crippen molar-refractivity contribution in [2.75, 3.05) is 26.6 Å². The molecule has 0 radical (unpaired) electrons.